The van der Waals surface area contributed by atoms with E-state index in [1.54, 1.807) is 59.6 Å². The van der Waals surface area contributed by atoms with Crippen LogP contribution in [0, 0.1) is 0 Å². The van der Waals surface area contributed by atoms with Gasteiger partial charge >= 0.3 is 12.2 Å². The molecule has 0 bridgehead atoms. The first-order valence-electron chi connectivity index (χ1n) is 16.3. The second-order valence-electron chi connectivity index (χ2n) is 14.1. The van der Waals surface area contributed by atoms with Crippen molar-refractivity contribution in [3.05, 3.63) is 77.9 Å². The van der Waals surface area contributed by atoms with E-state index in [2.05, 4.69) is 16.0 Å². The van der Waals surface area contributed by atoms with Gasteiger partial charge in [-0.3, -0.25) is 9.59 Å². The minimum Gasteiger partial charge on any atom is -0.497 e. The second kappa shape index (κ2) is 15.4. The van der Waals surface area contributed by atoms with Crippen LogP contribution in [0.3, 0.4) is 0 Å². The van der Waals surface area contributed by atoms with E-state index in [9.17, 15) is 19.2 Å². The number of likely N-dealkylation sites (tertiary alicyclic amines) is 1. The molecule has 11 nitrogen and oxygen atoms in total. The van der Waals surface area contributed by atoms with E-state index < -0.39 is 41.5 Å². The van der Waals surface area contributed by atoms with Gasteiger partial charge in [0.2, 0.25) is 5.91 Å². The first kappa shape index (κ1) is 36.0. The highest BCUT2D eigenvalue weighted by Crippen LogP contribution is 2.26. The summed E-state index contributed by atoms with van der Waals surface area (Å²) < 4.78 is 16.2. The number of benzene rings is 3. The predicted octanol–water partition coefficient (Wildman–Crippen LogP) is 5.60. The summed E-state index contributed by atoms with van der Waals surface area (Å²) in [6, 6.07) is 19.1. The maximum atomic E-state index is 14.0. The van der Waals surface area contributed by atoms with Crippen LogP contribution in [0.1, 0.15) is 70.3 Å². The third-order valence-electron chi connectivity index (χ3n) is 7.77. The molecule has 1 fully saturated rings. The molecular weight excluding hydrogens is 612 g/mol. The van der Waals surface area contributed by atoms with Gasteiger partial charge in [-0.15, -0.1) is 0 Å². The fraction of sp³-hybridized carbons (Fsp3) is 0.459. The number of aryl methyl sites for hydroxylation is 1. The molecule has 0 aromatic heterocycles. The summed E-state index contributed by atoms with van der Waals surface area (Å²) in [6.07, 6.45) is 0.00319. The number of nitrogens with zero attached hydrogens (tertiary/aromatic N) is 1. The van der Waals surface area contributed by atoms with Gasteiger partial charge in [-0.2, -0.15) is 0 Å². The summed E-state index contributed by atoms with van der Waals surface area (Å²) in [5, 5.41) is 10.4. The molecule has 0 radical (unpaired) electrons. The summed E-state index contributed by atoms with van der Waals surface area (Å²) in [6.45, 7) is 10.9. The molecule has 3 aromatic rings. The Morgan fingerprint density at radius 2 is 1.50 bits per heavy atom. The third kappa shape index (κ3) is 10.6. The number of nitrogens with one attached hydrogen (secondary N) is 3. The van der Waals surface area contributed by atoms with Gasteiger partial charge in [-0.1, -0.05) is 42.5 Å². The van der Waals surface area contributed by atoms with Crippen LogP contribution < -0.4 is 20.7 Å². The number of carbonyl (C=O) groups is 4. The van der Waals surface area contributed by atoms with Crippen LogP contribution in [0.25, 0.3) is 10.8 Å². The number of ether oxygens (including phenoxy) is 3. The van der Waals surface area contributed by atoms with E-state index in [1.165, 1.54) is 0 Å². The fourth-order valence-corrected chi connectivity index (χ4v) is 5.60. The zero-order valence-corrected chi connectivity index (χ0v) is 28.9. The van der Waals surface area contributed by atoms with Gasteiger partial charge in [0.25, 0.3) is 5.91 Å². The summed E-state index contributed by atoms with van der Waals surface area (Å²) in [5.41, 5.74) is 0.0884. The fourth-order valence-electron chi connectivity index (χ4n) is 5.60. The van der Waals surface area contributed by atoms with Crippen LogP contribution in [0.4, 0.5) is 9.59 Å². The van der Waals surface area contributed by atoms with Crippen LogP contribution in [0.15, 0.2) is 66.7 Å². The molecule has 48 heavy (non-hydrogen) atoms. The number of fused-ring (bicyclic) bond motifs is 1. The molecule has 1 aliphatic rings. The van der Waals surface area contributed by atoms with Gasteiger partial charge in [0.1, 0.15) is 23.0 Å². The molecule has 1 heterocycles. The molecule has 4 rings (SSSR count). The SMILES string of the molecule is COc1ccc2cc(C(=O)N3C[C@@H](NC(=O)[C@H](CCc4ccccc4)NC(=O)OC(C)(C)C)C[C@H]3CNC(=O)OC(C)(C)C)ccc2c1. The Morgan fingerprint density at radius 3 is 2.17 bits per heavy atom. The van der Waals surface area contributed by atoms with Crippen molar-refractivity contribution in [1.82, 2.24) is 20.9 Å². The number of methoxy groups -OCH3 is 1. The van der Waals surface area contributed by atoms with Crippen LogP contribution in [0.2, 0.25) is 0 Å². The average molecular weight is 661 g/mol. The van der Waals surface area contributed by atoms with Crippen molar-refractivity contribution in [2.75, 3.05) is 20.2 Å². The molecule has 1 aliphatic heterocycles. The Hall–Kier alpha value is -4.80. The van der Waals surface area contributed by atoms with Gasteiger partial charge < -0.3 is 35.1 Å². The Kier molecular flexibility index (Phi) is 11.6. The molecular formula is C37H48N4O7. The van der Waals surface area contributed by atoms with E-state index in [-0.39, 0.29) is 24.9 Å². The summed E-state index contributed by atoms with van der Waals surface area (Å²) in [7, 11) is 1.60. The quantitative estimate of drug-likeness (QED) is 0.258. The van der Waals surface area contributed by atoms with Crippen molar-refractivity contribution in [1.29, 1.82) is 0 Å². The van der Waals surface area contributed by atoms with Gasteiger partial charge in [-0.25, -0.2) is 9.59 Å². The summed E-state index contributed by atoms with van der Waals surface area (Å²) >= 11 is 0. The Balaban J connectivity index is 1.52. The largest absolute Gasteiger partial charge is 0.497 e. The highest BCUT2D eigenvalue weighted by atomic mass is 16.6. The van der Waals surface area contributed by atoms with Gasteiger partial charge in [0, 0.05) is 24.7 Å². The molecule has 0 saturated carbocycles. The molecule has 11 heteroatoms. The van der Waals surface area contributed by atoms with E-state index >= 15 is 0 Å². The topological polar surface area (TPSA) is 135 Å². The molecule has 258 valence electrons. The Bertz CT molecular complexity index is 1600. The molecule has 0 unspecified atom stereocenters. The molecule has 3 N–H and O–H groups in total. The van der Waals surface area contributed by atoms with Crippen molar-refractivity contribution in [3.8, 4) is 5.75 Å². The number of hydrogen-bond acceptors (Lipinski definition) is 7. The number of rotatable bonds is 10. The number of hydrogen-bond donors (Lipinski definition) is 3. The number of alkyl carbamates (subject to hydrolysis) is 2. The number of carbonyl (C=O) groups excluding carboxylic acids is 4. The van der Waals surface area contributed by atoms with Crippen molar-refractivity contribution < 1.29 is 33.4 Å². The van der Waals surface area contributed by atoms with Gasteiger partial charge in [0.15, 0.2) is 0 Å². The maximum absolute atomic E-state index is 14.0. The zero-order valence-electron chi connectivity index (χ0n) is 28.9. The zero-order chi connectivity index (χ0) is 35.1. The van der Waals surface area contributed by atoms with E-state index in [0.29, 0.717) is 24.8 Å². The normalized spacial score (nSPS) is 16.9. The highest BCUT2D eigenvalue weighted by Gasteiger charge is 2.38. The first-order valence-corrected chi connectivity index (χ1v) is 16.3. The lowest BCUT2D eigenvalue weighted by Crippen LogP contribution is -2.51. The predicted molar refractivity (Wildman–Crippen MR) is 184 cm³/mol. The minimum absolute atomic E-state index is 0.130. The van der Waals surface area contributed by atoms with Crippen LogP contribution in [-0.2, 0) is 20.7 Å². The molecule has 3 aromatic carbocycles. The van der Waals surface area contributed by atoms with Gasteiger partial charge in [0.05, 0.1) is 13.2 Å². The standard InChI is InChI=1S/C37H48N4O7/c1-36(2,3)47-34(44)38-22-29-21-28(23-41(29)33(43)27-15-14-26-20-30(46-7)17-16-25(26)19-27)39-32(42)31(40-35(45)48-37(4,5)6)18-13-24-11-9-8-10-12-24/h8-12,14-17,19-20,28-29,31H,13,18,21-23H2,1-7H3,(H,38,44)(H,39,42)(H,40,45)/t28-,29-,31-/m0/s1. The molecule has 4 amide bonds. The highest BCUT2D eigenvalue weighted by molar-refractivity contribution is 5.99. The van der Waals surface area contributed by atoms with Crippen LogP contribution in [0.5, 0.6) is 5.75 Å². The molecule has 1 saturated heterocycles. The smallest absolute Gasteiger partial charge is 0.408 e. The van der Waals surface area contributed by atoms with E-state index in [1.807, 2.05) is 60.7 Å². The summed E-state index contributed by atoms with van der Waals surface area (Å²) in [4.78, 5) is 54.6. The Morgan fingerprint density at radius 1 is 0.854 bits per heavy atom. The lowest BCUT2D eigenvalue weighted by Gasteiger charge is -2.26. The second-order valence-corrected chi connectivity index (χ2v) is 14.1. The molecule has 0 spiro atoms. The van der Waals surface area contributed by atoms with Crippen molar-refractivity contribution >= 4 is 34.8 Å². The van der Waals surface area contributed by atoms with Crippen molar-refractivity contribution in [3.63, 3.8) is 0 Å². The van der Waals surface area contributed by atoms with Crippen molar-refractivity contribution in [2.45, 2.75) is 90.1 Å². The molecule has 0 aliphatic carbocycles. The van der Waals surface area contributed by atoms with Gasteiger partial charge in [-0.05, 0) is 101 Å². The molecule has 3 atom stereocenters. The first-order chi connectivity index (χ1) is 22.6. The lowest BCUT2D eigenvalue weighted by atomic mass is 10.0. The van der Waals surface area contributed by atoms with Crippen molar-refractivity contribution in [2.24, 2.45) is 0 Å². The van der Waals surface area contributed by atoms with E-state index in [4.69, 9.17) is 14.2 Å². The lowest BCUT2D eigenvalue weighted by molar-refractivity contribution is -0.124. The number of amides is 4. The average Bonchev–Trinajstić information content (AvgIpc) is 3.42. The minimum atomic E-state index is -0.874. The maximum Gasteiger partial charge on any atom is 0.408 e. The Labute approximate surface area is 282 Å². The van der Waals surface area contributed by atoms with Crippen LogP contribution >= 0.6 is 0 Å². The third-order valence-corrected chi connectivity index (χ3v) is 7.77. The van der Waals surface area contributed by atoms with Crippen LogP contribution in [-0.4, -0.2) is 78.4 Å². The monoisotopic (exact) mass is 660 g/mol. The van der Waals surface area contributed by atoms with E-state index in [0.717, 1.165) is 22.1 Å². The summed E-state index contributed by atoms with van der Waals surface area (Å²) in [5.74, 6) is 0.110.